The Labute approximate surface area is 145 Å². The monoisotopic (exact) mass is 337 g/mol. The maximum atomic E-state index is 12.1. The molecule has 128 valence electrons. The van der Waals surface area contributed by atoms with Crippen LogP contribution in [-0.2, 0) is 7.05 Å². The molecule has 25 heavy (non-hydrogen) atoms. The summed E-state index contributed by atoms with van der Waals surface area (Å²) in [6.07, 6.45) is 0. The van der Waals surface area contributed by atoms with Crippen LogP contribution < -0.4 is 20.3 Å². The molecular weight excluding hydrogens is 318 g/mol. The predicted molar refractivity (Wildman–Crippen MR) is 96.3 cm³/mol. The van der Waals surface area contributed by atoms with Gasteiger partial charge in [0.05, 0.1) is 5.69 Å². The Morgan fingerprint density at radius 2 is 1.68 bits per heavy atom. The van der Waals surface area contributed by atoms with E-state index in [-0.39, 0.29) is 12.4 Å². The Morgan fingerprint density at radius 1 is 1.00 bits per heavy atom. The molecular formula is C19H19N3O3. The molecule has 0 radical (unpaired) electrons. The molecule has 4 rings (SSSR count). The van der Waals surface area contributed by atoms with Gasteiger partial charge in [0.25, 0.3) is 5.56 Å². The quantitative estimate of drug-likeness (QED) is 0.797. The minimum atomic E-state index is -0.0349. The molecule has 0 amide bonds. The van der Waals surface area contributed by atoms with Crippen molar-refractivity contribution in [3.8, 4) is 17.2 Å². The highest BCUT2D eigenvalue weighted by molar-refractivity contribution is 5.68. The summed E-state index contributed by atoms with van der Waals surface area (Å²) in [5, 5.41) is 3.39. The van der Waals surface area contributed by atoms with Crippen LogP contribution in [-0.4, -0.2) is 16.2 Å². The van der Waals surface area contributed by atoms with Crippen molar-refractivity contribution in [2.45, 2.75) is 13.8 Å². The van der Waals surface area contributed by atoms with E-state index in [1.54, 1.807) is 10.7 Å². The minimum absolute atomic E-state index is 0.0349. The van der Waals surface area contributed by atoms with Crippen LogP contribution in [0.5, 0.6) is 11.5 Å². The molecule has 3 aromatic rings. The third kappa shape index (κ3) is 2.65. The lowest BCUT2D eigenvalue weighted by atomic mass is 10.1. The Morgan fingerprint density at radius 3 is 2.32 bits per heavy atom. The third-order valence-corrected chi connectivity index (χ3v) is 4.46. The Kier molecular flexibility index (Phi) is 3.53. The van der Waals surface area contributed by atoms with Crippen molar-refractivity contribution in [1.82, 2.24) is 9.36 Å². The van der Waals surface area contributed by atoms with Gasteiger partial charge in [-0.3, -0.25) is 9.48 Å². The second-order valence-electron chi connectivity index (χ2n) is 6.15. The number of anilines is 2. The van der Waals surface area contributed by atoms with E-state index >= 15 is 0 Å². The van der Waals surface area contributed by atoms with Crippen molar-refractivity contribution in [3.63, 3.8) is 0 Å². The van der Waals surface area contributed by atoms with E-state index in [4.69, 9.17) is 9.47 Å². The maximum absolute atomic E-state index is 12.1. The van der Waals surface area contributed by atoms with Gasteiger partial charge in [0, 0.05) is 36.2 Å². The molecule has 0 saturated heterocycles. The van der Waals surface area contributed by atoms with Crippen molar-refractivity contribution in [2.75, 3.05) is 12.1 Å². The van der Waals surface area contributed by atoms with Crippen molar-refractivity contribution in [2.24, 2.45) is 7.05 Å². The SMILES string of the molecule is Cc1cc2c(cc1Nc1ccc(-n3c(=O)cc(C)n3C)cc1)OCO2. The van der Waals surface area contributed by atoms with Gasteiger partial charge < -0.3 is 14.8 Å². The summed E-state index contributed by atoms with van der Waals surface area (Å²) < 4.78 is 14.3. The molecule has 6 nitrogen and oxygen atoms in total. The number of nitrogens with one attached hydrogen (secondary N) is 1. The second kappa shape index (κ2) is 5.73. The van der Waals surface area contributed by atoms with Gasteiger partial charge in [0.2, 0.25) is 6.79 Å². The van der Waals surface area contributed by atoms with Crippen LogP contribution >= 0.6 is 0 Å². The van der Waals surface area contributed by atoms with Crippen LogP contribution in [0, 0.1) is 13.8 Å². The third-order valence-electron chi connectivity index (χ3n) is 4.46. The first-order valence-electron chi connectivity index (χ1n) is 8.06. The summed E-state index contributed by atoms with van der Waals surface area (Å²) in [6, 6.07) is 13.3. The van der Waals surface area contributed by atoms with Crippen LogP contribution in [0.1, 0.15) is 11.3 Å². The highest BCUT2D eigenvalue weighted by atomic mass is 16.7. The van der Waals surface area contributed by atoms with Crippen molar-refractivity contribution < 1.29 is 9.47 Å². The van der Waals surface area contributed by atoms with Crippen LogP contribution in [0.2, 0.25) is 0 Å². The highest BCUT2D eigenvalue weighted by Crippen LogP contribution is 2.37. The number of fused-ring (bicyclic) bond motifs is 1. The zero-order valence-electron chi connectivity index (χ0n) is 14.4. The molecule has 2 heterocycles. The largest absolute Gasteiger partial charge is 0.454 e. The molecule has 0 atom stereocenters. The van der Waals surface area contributed by atoms with E-state index in [9.17, 15) is 4.79 Å². The van der Waals surface area contributed by atoms with Crippen LogP contribution in [0.4, 0.5) is 11.4 Å². The maximum Gasteiger partial charge on any atom is 0.271 e. The average molecular weight is 337 g/mol. The molecule has 6 heteroatoms. The van der Waals surface area contributed by atoms with Crippen LogP contribution in [0.3, 0.4) is 0 Å². The second-order valence-corrected chi connectivity index (χ2v) is 6.15. The highest BCUT2D eigenvalue weighted by Gasteiger charge is 2.15. The normalized spacial score (nSPS) is 12.4. The molecule has 0 unspecified atom stereocenters. The van der Waals surface area contributed by atoms with Gasteiger partial charge in [-0.25, -0.2) is 4.68 Å². The summed E-state index contributed by atoms with van der Waals surface area (Å²) in [5.41, 5.74) is 4.68. The summed E-state index contributed by atoms with van der Waals surface area (Å²) in [7, 11) is 1.87. The number of hydrogen-bond acceptors (Lipinski definition) is 4. The summed E-state index contributed by atoms with van der Waals surface area (Å²) in [6.45, 7) is 4.19. The van der Waals surface area contributed by atoms with E-state index in [1.807, 2.05) is 62.0 Å². The standard InChI is InChI=1S/C19H19N3O3/c1-12-8-17-18(25-11-24-17)10-16(12)20-14-4-6-15(7-5-14)22-19(23)9-13(2)21(22)3/h4-10,20H,11H2,1-3H3. The number of rotatable bonds is 3. The Hall–Kier alpha value is -3.15. The number of benzene rings is 2. The smallest absolute Gasteiger partial charge is 0.271 e. The van der Waals surface area contributed by atoms with Gasteiger partial charge in [-0.1, -0.05) is 0 Å². The van der Waals surface area contributed by atoms with E-state index in [2.05, 4.69) is 5.32 Å². The number of nitrogens with zero attached hydrogens (tertiary/aromatic N) is 2. The Balaban J connectivity index is 1.62. The molecule has 1 aliphatic rings. The van der Waals surface area contributed by atoms with Gasteiger partial charge >= 0.3 is 0 Å². The first-order chi connectivity index (χ1) is 12.0. The van der Waals surface area contributed by atoms with Crippen molar-refractivity contribution in [1.29, 1.82) is 0 Å². The molecule has 0 bridgehead atoms. The molecule has 1 N–H and O–H groups in total. The lowest BCUT2D eigenvalue weighted by Crippen LogP contribution is -2.19. The van der Waals surface area contributed by atoms with Crippen molar-refractivity contribution in [3.05, 3.63) is 64.1 Å². The van der Waals surface area contributed by atoms with Crippen molar-refractivity contribution >= 4 is 11.4 Å². The number of aryl methyl sites for hydroxylation is 2. The first-order valence-corrected chi connectivity index (χ1v) is 8.06. The molecule has 1 aliphatic heterocycles. The number of aromatic nitrogens is 2. The van der Waals surface area contributed by atoms with Gasteiger partial charge in [-0.15, -0.1) is 0 Å². The van der Waals surface area contributed by atoms with Gasteiger partial charge in [-0.2, -0.15) is 0 Å². The lowest BCUT2D eigenvalue weighted by molar-refractivity contribution is 0.174. The fraction of sp³-hybridized carbons (Fsp3) is 0.211. The molecule has 0 aliphatic carbocycles. The minimum Gasteiger partial charge on any atom is -0.454 e. The molecule has 0 spiro atoms. The number of hydrogen-bond donors (Lipinski definition) is 1. The van der Waals surface area contributed by atoms with E-state index in [0.717, 1.165) is 39.8 Å². The van der Waals surface area contributed by atoms with Gasteiger partial charge in [0.15, 0.2) is 11.5 Å². The molecule has 1 aromatic heterocycles. The fourth-order valence-electron chi connectivity index (χ4n) is 2.96. The summed E-state index contributed by atoms with van der Waals surface area (Å²) >= 11 is 0. The average Bonchev–Trinajstić information content (AvgIpc) is 3.13. The molecule has 2 aromatic carbocycles. The first kappa shape index (κ1) is 15.4. The zero-order valence-corrected chi connectivity index (χ0v) is 14.4. The topological polar surface area (TPSA) is 57.4 Å². The zero-order chi connectivity index (χ0) is 17.6. The predicted octanol–water partition coefficient (Wildman–Crippen LogP) is 3.27. The molecule has 0 saturated carbocycles. The fourth-order valence-corrected chi connectivity index (χ4v) is 2.96. The Bertz CT molecular complexity index is 1000. The van der Waals surface area contributed by atoms with Crippen LogP contribution in [0.15, 0.2) is 47.3 Å². The van der Waals surface area contributed by atoms with Gasteiger partial charge in [-0.05, 0) is 49.7 Å². The summed E-state index contributed by atoms with van der Waals surface area (Å²) in [4.78, 5) is 12.1. The summed E-state index contributed by atoms with van der Waals surface area (Å²) in [5.74, 6) is 1.52. The molecule has 0 fully saturated rings. The van der Waals surface area contributed by atoms with Gasteiger partial charge in [0.1, 0.15) is 0 Å². The number of ether oxygens (including phenoxy) is 2. The van der Waals surface area contributed by atoms with E-state index in [1.165, 1.54) is 0 Å². The lowest BCUT2D eigenvalue weighted by Gasteiger charge is -2.12. The van der Waals surface area contributed by atoms with E-state index < -0.39 is 0 Å². The van der Waals surface area contributed by atoms with Crippen LogP contribution in [0.25, 0.3) is 5.69 Å². The van der Waals surface area contributed by atoms with E-state index in [0.29, 0.717) is 0 Å².